The minimum absolute atomic E-state index is 0.128. The van der Waals surface area contributed by atoms with Gasteiger partial charge in [0.25, 0.3) is 5.91 Å². The van der Waals surface area contributed by atoms with Crippen molar-refractivity contribution in [2.45, 2.75) is 38.0 Å². The number of rotatable bonds is 4. The Morgan fingerprint density at radius 2 is 1.85 bits per heavy atom. The summed E-state index contributed by atoms with van der Waals surface area (Å²) >= 11 is 0. The van der Waals surface area contributed by atoms with Crippen LogP contribution in [-0.4, -0.2) is 42.5 Å². The van der Waals surface area contributed by atoms with E-state index >= 15 is 0 Å². The third-order valence-corrected chi connectivity index (χ3v) is 6.97. The zero-order valence-corrected chi connectivity index (χ0v) is 19.1. The van der Waals surface area contributed by atoms with Crippen LogP contribution in [-0.2, 0) is 12.8 Å². The molecule has 0 saturated carbocycles. The molecule has 1 atom stereocenters. The number of hydrogen-bond donors (Lipinski definition) is 0. The van der Waals surface area contributed by atoms with Crippen molar-refractivity contribution in [2.75, 3.05) is 31.6 Å². The standard InChI is InChI=1S/C28H30FN3O/c1-31-14-2-4-22-17-23(9-13-27(22)31)28(33)32-15-3-5-24(19-32)26-12-8-21(18-30-26)16-20-6-10-25(29)11-7-20/h6-13,17-18,24H,2-5,14-16,19H2,1H3/t24-/m1/s1. The van der Waals surface area contributed by atoms with Crippen LogP contribution in [0, 0.1) is 5.82 Å². The number of likely N-dealkylation sites (tertiary alicyclic amines) is 1. The largest absolute Gasteiger partial charge is 0.374 e. The molecule has 0 spiro atoms. The lowest BCUT2D eigenvalue weighted by Gasteiger charge is -2.33. The first-order valence-corrected chi connectivity index (χ1v) is 11.9. The van der Waals surface area contributed by atoms with Gasteiger partial charge in [-0.3, -0.25) is 9.78 Å². The van der Waals surface area contributed by atoms with Crippen molar-refractivity contribution in [1.29, 1.82) is 0 Å². The van der Waals surface area contributed by atoms with Gasteiger partial charge in [0.15, 0.2) is 0 Å². The molecule has 1 fully saturated rings. The van der Waals surface area contributed by atoms with Gasteiger partial charge in [0.05, 0.1) is 0 Å². The summed E-state index contributed by atoms with van der Waals surface area (Å²) in [7, 11) is 2.12. The van der Waals surface area contributed by atoms with Gasteiger partial charge < -0.3 is 9.80 Å². The van der Waals surface area contributed by atoms with Crippen LogP contribution in [0.4, 0.5) is 10.1 Å². The molecule has 33 heavy (non-hydrogen) atoms. The van der Waals surface area contributed by atoms with Crippen LogP contribution < -0.4 is 4.90 Å². The molecule has 0 N–H and O–H groups in total. The molecule has 1 aromatic heterocycles. The number of hydrogen-bond acceptors (Lipinski definition) is 3. The molecule has 2 aliphatic heterocycles. The zero-order valence-electron chi connectivity index (χ0n) is 19.1. The second-order valence-corrected chi connectivity index (χ2v) is 9.35. The Morgan fingerprint density at radius 3 is 2.64 bits per heavy atom. The summed E-state index contributed by atoms with van der Waals surface area (Å²) in [6.45, 7) is 2.58. The Balaban J connectivity index is 1.26. The number of aromatic nitrogens is 1. The predicted molar refractivity (Wildman–Crippen MR) is 129 cm³/mol. The van der Waals surface area contributed by atoms with E-state index in [1.165, 1.54) is 23.4 Å². The molecule has 170 valence electrons. The Labute approximate surface area is 195 Å². The Hall–Kier alpha value is -3.21. The van der Waals surface area contributed by atoms with Gasteiger partial charge in [-0.2, -0.15) is 0 Å². The molecule has 0 unspecified atom stereocenters. The fourth-order valence-electron chi connectivity index (χ4n) is 5.12. The average Bonchev–Trinajstić information content (AvgIpc) is 2.85. The van der Waals surface area contributed by atoms with Gasteiger partial charge in [0.1, 0.15) is 5.82 Å². The summed E-state index contributed by atoms with van der Waals surface area (Å²) in [5, 5.41) is 0. The molecule has 1 amide bonds. The minimum atomic E-state index is -0.216. The number of fused-ring (bicyclic) bond motifs is 1. The first kappa shape index (κ1) is 21.6. The first-order valence-electron chi connectivity index (χ1n) is 11.9. The Kier molecular flexibility index (Phi) is 6.12. The SMILES string of the molecule is CN1CCCc2cc(C(=O)N3CCC[C@@H](c4ccc(Cc5ccc(F)cc5)cn4)C3)ccc21. The third kappa shape index (κ3) is 4.77. The second-order valence-electron chi connectivity index (χ2n) is 9.35. The summed E-state index contributed by atoms with van der Waals surface area (Å²) in [5.74, 6) is 0.168. The number of halogens is 1. The van der Waals surface area contributed by atoms with Crippen LogP contribution in [0.25, 0.3) is 0 Å². The highest BCUT2D eigenvalue weighted by atomic mass is 19.1. The molecule has 4 nitrogen and oxygen atoms in total. The van der Waals surface area contributed by atoms with E-state index in [-0.39, 0.29) is 17.6 Å². The molecule has 0 aliphatic carbocycles. The van der Waals surface area contributed by atoms with Gasteiger partial charge in [-0.15, -0.1) is 0 Å². The van der Waals surface area contributed by atoms with Crippen LogP contribution >= 0.6 is 0 Å². The summed E-state index contributed by atoms with van der Waals surface area (Å²) in [4.78, 5) is 22.3. The van der Waals surface area contributed by atoms with E-state index in [0.29, 0.717) is 6.54 Å². The lowest BCUT2D eigenvalue weighted by molar-refractivity contribution is 0.0705. The van der Waals surface area contributed by atoms with E-state index in [0.717, 1.165) is 67.6 Å². The molecule has 5 heteroatoms. The number of carbonyl (C=O) groups excluding carboxylic acids is 1. The molecule has 3 heterocycles. The van der Waals surface area contributed by atoms with Crippen molar-refractivity contribution >= 4 is 11.6 Å². The lowest BCUT2D eigenvalue weighted by Crippen LogP contribution is -2.39. The number of piperidine rings is 1. The maximum Gasteiger partial charge on any atom is 0.253 e. The molecular formula is C28H30FN3O. The lowest BCUT2D eigenvalue weighted by atomic mass is 9.92. The second kappa shape index (κ2) is 9.34. The quantitative estimate of drug-likeness (QED) is 0.555. The van der Waals surface area contributed by atoms with Crippen molar-refractivity contribution in [3.63, 3.8) is 0 Å². The molecule has 3 aromatic rings. The third-order valence-electron chi connectivity index (χ3n) is 6.97. The van der Waals surface area contributed by atoms with Crippen molar-refractivity contribution in [2.24, 2.45) is 0 Å². The van der Waals surface area contributed by atoms with E-state index in [4.69, 9.17) is 4.98 Å². The summed E-state index contributed by atoms with van der Waals surface area (Å²) < 4.78 is 13.1. The highest BCUT2D eigenvalue weighted by molar-refractivity contribution is 5.95. The number of nitrogens with zero attached hydrogens (tertiary/aromatic N) is 3. The highest BCUT2D eigenvalue weighted by Gasteiger charge is 2.27. The Morgan fingerprint density at radius 1 is 1.03 bits per heavy atom. The monoisotopic (exact) mass is 443 g/mol. The molecule has 1 saturated heterocycles. The Bertz CT molecular complexity index is 1130. The van der Waals surface area contributed by atoms with Gasteiger partial charge in [0, 0.05) is 55.7 Å². The van der Waals surface area contributed by atoms with Crippen LogP contribution in [0.5, 0.6) is 0 Å². The first-order chi connectivity index (χ1) is 16.1. The number of pyridine rings is 1. The molecule has 0 bridgehead atoms. The van der Waals surface area contributed by atoms with E-state index in [1.54, 1.807) is 0 Å². The van der Waals surface area contributed by atoms with Gasteiger partial charge in [-0.25, -0.2) is 4.39 Å². The van der Waals surface area contributed by atoms with E-state index < -0.39 is 0 Å². The predicted octanol–water partition coefficient (Wildman–Crippen LogP) is 5.21. The van der Waals surface area contributed by atoms with E-state index in [1.807, 2.05) is 29.3 Å². The van der Waals surface area contributed by atoms with Crippen LogP contribution in [0.1, 0.15) is 57.9 Å². The highest BCUT2D eigenvalue weighted by Crippen LogP contribution is 2.30. The normalized spacial score (nSPS) is 18.2. The fraction of sp³-hybridized carbons (Fsp3) is 0.357. The number of anilines is 1. The van der Waals surface area contributed by atoms with Crippen molar-refractivity contribution in [3.8, 4) is 0 Å². The number of aryl methyl sites for hydroxylation is 1. The topological polar surface area (TPSA) is 36.4 Å². The van der Waals surface area contributed by atoms with Gasteiger partial charge in [-0.05, 0) is 85.2 Å². The zero-order chi connectivity index (χ0) is 22.8. The fourth-order valence-corrected chi connectivity index (χ4v) is 5.12. The van der Waals surface area contributed by atoms with E-state index in [2.05, 4.69) is 36.2 Å². The van der Waals surface area contributed by atoms with Crippen LogP contribution in [0.3, 0.4) is 0 Å². The molecule has 2 aliphatic rings. The van der Waals surface area contributed by atoms with Gasteiger partial charge >= 0.3 is 0 Å². The molecule has 5 rings (SSSR count). The smallest absolute Gasteiger partial charge is 0.253 e. The maximum atomic E-state index is 13.3. The minimum Gasteiger partial charge on any atom is -0.374 e. The van der Waals surface area contributed by atoms with Crippen molar-refractivity contribution in [1.82, 2.24) is 9.88 Å². The summed E-state index contributed by atoms with van der Waals surface area (Å²) in [6.07, 6.45) is 6.86. The number of amides is 1. The molecule has 0 radical (unpaired) electrons. The number of carbonyl (C=O) groups is 1. The van der Waals surface area contributed by atoms with Crippen LogP contribution in [0.2, 0.25) is 0 Å². The average molecular weight is 444 g/mol. The van der Waals surface area contributed by atoms with Gasteiger partial charge in [0.2, 0.25) is 0 Å². The summed E-state index contributed by atoms with van der Waals surface area (Å²) in [5.41, 5.74) is 6.54. The van der Waals surface area contributed by atoms with Gasteiger partial charge in [-0.1, -0.05) is 18.2 Å². The van der Waals surface area contributed by atoms with Crippen molar-refractivity contribution < 1.29 is 9.18 Å². The number of benzene rings is 2. The van der Waals surface area contributed by atoms with Crippen LogP contribution in [0.15, 0.2) is 60.8 Å². The van der Waals surface area contributed by atoms with Crippen molar-refractivity contribution in [3.05, 3.63) is 94.6 Å². The summed E-state index contributed by atoms with van der Waals surface area (Å²) in [6, 6.07) is 17.0. The molecular weight excluding hydrogens is 413 g/mol. The molecule has 2 aromatic carbocycles. The van der Waals surface area contributed by atoms with E-state index in [9.17, 15) is 9.18 Å². The maximum absolute atomic E-state index is 13.3.